The van der Waals surface area contributed by atoms with Crippen LogP contribution in [0, 0.1) is 12.8 Å². The van der Waals surface area contributed by atoms with Crippen molar-refractivity contribution in [3.05, 3.63) is 35.4 Å². The molecule has 3 atom stereocenters. The number of rotatable bonds is 22. The van der Waals surface area contributed by atoms with Crippen LogP contribution in [0.4, 0.5) is 0 Å². The maximum Gasteiger partial charge on any atom is 0.306 e. The van der Waals surface area contributed by atoms with E-state index in [1.54, 1.807) is 24.3 Å². The Balaban J connectivity index is 2.63. The number of ketones is 1. The van der Waals surface area contributed by atoms with Gasteiger partial charge in [0.2, 0.25) is 17.7 Å². The van der Waals surface area contributed by atoms with Crippen LogP contribution in [0.1, 0.15) is 73.7 Å². The molecule has 0 heterocycles. The molecule has 0 spiro atoms. The number of aryl methyl sites for hydroxylation is 1. The Morgan fingerprint density at radius 1 is 0.822 bits per heavy atom. The first-order chi connectivity index (χ1) is 21.0. The highest BCUT2D eigenvalue weighted by Crippen LogP contribution is 2.15. The number of unbranched alkanes of at least 4 members (excludes halogenated alkanes) is 1. The molecule has 1 aromatic rings. The number of Topliss-reactive ketones (excluding diaryl/α,β-unsaturated/α-hetero) is 1. The molecule has 45 heavy (non-hydrogen) atoms. The van der Waals surface area contributed by atoms with E-state index in [2.05, 4.69) is 16.0 Å². The van der Waals surface area contributed by atoms with Crippen LogP contribution in [-0.4, -0.2) is 88.9 Å². The van der Waals surface area contributed by atoms with Gasteiger partial charge in [0.05, 0.1) is 5.92 Å². The van der Waals surface area contributed by atoms with Gasteiger partial charge in [0, 0.05) is 37.8 Å². The molecule has 250 valence electrons. The summed E-state index contributed by atoms with van der Waals surface area (Å²) in [6, 6.07) is 4.11. The molecule has 0 aliphatic rings. The van der Waals surface area contributed by atoms with Crippen molar-refractivity contribution in [3.8, 4) is 0 Å². The standard InChI is InChI=1S/C28H40N4O12S/c1-17-8-10-18(11-9-17)27(39)30-14-3-2-5-20(26(29)38)31-24(35)13-12-19(28(40)41)15-22(33)21(16-45(42,43)44)32-23(34)6-4-7-25(36)37/h8-11,19-21H,2-7,12-16H2,1H3,(H2,29,38)(H,30,39)(H,31,35)(H,32,34)(H,36,37)(H,40,41)(H,42,43,44)/t19-,20+,21+/m1/s1. The lowest BCUT2D eigenvalue weighted by atomic mass is 9.94. The van der Waals surface area contributed by atoms with Crippen LogP contribution >= 0.6 is 0 Å². The fraction of sp³-hybridized carbons (Fsp3) is 0.536. The van der Waals surface area contributed by atoms with Crippen molar-refractivity contribution < 1.29 is 56.7 Å². The molecular formula is C28H40N4O12S. The zero-order valence-corrected chi connectivity index (χ0v) is 25.6. The maximum absolute atomic E-state index is 12.7. The second kappa shape index (κ2) is 19.1. The molecule has 0 saturated heterocycles. The first-order valence-corrected chi connectivity index (χ1v) is 15.7. The largest absolute Gasteiger partial charge is 0.481 e. The molecule has 0 fully saturated rings. The average molecular weight is 657 g/mol. The van der Waals surface area contributed by atoms with Crippen molar-refractivity contribution in [2.24, 2.45) is 11.7 Å². The molecule has 0 saturated carbocycles. The number of carboxylic acid groups (broad SMARTS) is 2. The Hall–Kier alpha value is -4.38. The molecule has 1 rings (SSSR count). The molecular weight excluding hydrogens is 616 g/mol. The molecule has 4 amide bonds. The van der Waals surface area contributed by atoms with Crippen molar-refractivity contribution in [1.29, 1.82) is 0 Å². The monoisotopic (exact) mass is 656 g/mol. The smallest absolute Gasteiger partial charge is 0.306 e. The molecule has 16 nitrogen and oxygen atoms in total. The van der Waals surface area contributed by atoms with Crippen LogP contribution in [0.15, 0.2) is 24.3 Å². The lowest BCUT2D eigenvalue weighted by Crippen LogP contribution is -2.46. The molecule has 17 heteroatoms. The van der Waals surface area contributed by atoms with Gasteiger partial charge in [-0.3, -0.25) is 38.1 Å². The number of carbonyl (C=O) groups is 7. The molecule has 0 radical (unpaired) electrons. The predicted molar refractivity (Wildman–Crippen MR) is 158 cm³/mol. The van der Waals surface area contributed by atoms with Crippen LogP contribution in [0.3, 0.4) is 0 Å². The summed E-state index contributed by atoms with van der Waals surface area (Å²) in [6.07, 6.45) is -1.45. The average Bonchev–Trinajstić information content (AvgIpc) is 2.92. The first kappa shape index (κ1) is 38.6. The van der Waals surface area contributed by atoms with Crippen molar-refractivity contribution in [3.63, 3.8) is 0 Å². The number of amides is 4. The highest BCUT2D eigenvalue weighted by Gasteiger charge is 2.31. The van der Waals surface area contributed by atoms with Gasteiger partial charge in [0.25, 0.3) is 16.0 Å². The van der Waals surface area contributed by atoms with Crippen LogP contribution in [-0.2, 0) is 38.9 Å². The minimum Gasteiger partial charge on any atom is -0.481 e. The maximum atomic E-state index is 12.7. The lowest BCUT2D eigenvalue weighted by Gasteiger charge is -2.19. The van der Waals surface area contributed by atoms with E-state index < -0.39 is 88.6 Å². The lowest BCUT2D eigenvalue weighted by molar-refractivity contribution is -0.144. The third-order valence-corrected chi connectivity index (χ3v) is 7.36. The Kier molecular flexibility index (Phi) is 16.4. The predicted octanol–water partition coefficient (Wildman–Crippen LogP) is -0.0671. The van der Waals surface area contributed by atoms with Gasteiger partial charge in [0.1, 0.15) is 17.8 Å². The number of aliphatic carboxylic acids is 2. The summed E-state index contributed by atoms with van der Waals surface area (Å²) in [5.41, 5.74) is 6.89. The van der Waals surface area contributed by atoms with Gasteiger partial charge in [-0.05, 0) is 51.2 Å². The van der Waals surface area contributed by atoms with Crippen molar-refractivity contribution in [2.45, 2.75) is 76.8 Å². The number of carboxylic acids is 2. The number of carbonyl (C=O) groups excluding carboxylic acids is 5. The van der Waals surface area contributed by atoms with E-state index in [0.29, 0.717) is 24.9 Å². The summed E-state index contributed by atoms with van der Waals surface area (Å²) in [7, 11) is -4.79. The van der Waals surface area contributed by atoms with Gasteiger partial charge in [-0.15, -0.1) is 0 Å². The molecule has 0 aliphatic carbocycles. The van der Waals surface area contributed by atoms with Crippen molar-refractivity contribution >= 4 is 51.5 Å². The highest BCUT2D eigenvalue weighted by molar-refractivity contribution is 7.85. The summed E-state index contributed by atoms with van der Waals surface area (Å²) in [4.78, 5) is 83.7. The van der Waals surface area contributed by atoms with Crippen molar-refractivity contribution in [1.82, 2.24) is 16.0 Å². The van der Waals surface area contributed by atoms with Crippen LogP contribution in [0.25, 0.3) is 0 Å². The Morgan fingerprint density at radius 3 is 1.98 bits per heavy atom. The molecule has 8 N–H and O–H groups in total. The summed E-state index contributed by atoms with van der Waals surface area (Å²) < 4.78 is 31.9. The van der Waals surface area contributed by atoms with E-state index >= 15 is 0 Å². The third-order valence-electron chi connectivity index (χ3n) is 6.61. The van der Waals surface area contributed by atoms with Gasteiger partial charge in [0.15, 0.2) is 5.78 Å². The molecule has 1 aromatic carbocycles. The zero-order chi connectivity index (χ0) is 34.2. The molecule has 0 aliphatic heterocycles. The van der Waals surface area contributed by atoms with Gasteiger partial charge in [-0.25, -0.2) is 0 Å². The number of nitrogens with two attached hydrogens (primary N) is 1. The summed E-state index contributed by atoms with van der Waals surface area (Å²) >= 11 is 0. The fourth-order valence-corrected chi connectivity index (χ4v) is 4.82. The van der Waals surface area contributed by atoms with Gasteiger partial charge in [-0.1, -0.05) is 17.7 Å². The number of hydrogen-bond donors (Lipinski definition) is 7. The molecule has 0 aromatic heterocycles. The van der Waals surface area contributed by atoms with Crippen LogP contribution in [0.2, 0.25) is 0 Å². The number of nitrogens with one attached hydrogen (secondary N) is 3. The minimum absolute atomic E-state index is 0.113. The van der Waals surface area contributed by atoms with E-state index in [1.165, 1.54) is 0 Å². The van der Waals surface area contributed by atoms with E-state index in [0.717, 1.165) is 5.56 Å². The summed E-state index contributed by atoms with van der Waals surface area (Å²) in [5.74, 6) is -9.14. The van der Waals surface area contributed by atoms with Gasteiger partial charge < -0.3 is 31.9 Å². The Morgan fingerprint density at radius 2 is 1.42 bits per heavy atom. The van der Waals surface area contributed by atoms with Gasteiger partial charge in [-0.2, -0.15) is 8.42 Å². The fourth-order valence-electron chi connectivity index (χ4n) is 4.13. The van der Waals surface area contributed by atoms with Crippen LogP contribution in [0.5, 0.6) is 0 Å². The topological polar surface area (TPSA) is 276 Å². The first-order valence-electron chi connectivity index (χ1n) is 14.1. The Bertz CT molecular complexity index is 1330. The molecule has 0 unspecified atom stereocenters. The second-order valence-electron chi connectivity index (χ2n) is 10.5. The zero-order valence-electron chi connectivity index (χ0n) is 24.8. The van der Waals surface area contributed by atoms with Gasteiger partial charge >= 0.3 is 11.9 Å². The van der Waals surface area contributed by atoms with E-state index in [-0.39, 0.29) is 31.6 Å². The van der Waals surface area contributed by atoms with E-state index in [9.17, 15) is 51.6 Å². The number of benzene rings is 1. The Labute approximate surface area is 260 Å². The normalized spacial score (nSPS) is 13.1. The van der Waals surface area contributed by atoms with E-state index in [1.807, 2.05) is 6.92 Å². The SMILES string of the molecule is Cc1ccc(C(=O)NCCCC[C@H](NC(=O)CC[C@H](CC(=O)[C@H](CS(=O)(=O)O)NC(=O)CCCC(=O)O)C(=O)O)C(N)=O)cc1. The van der Waals surface area contributed by atoms with E-state index in [4.69, 9.17) is 10.8 Å². The van der Waals surface area contributed by atoms with Crippen molar-refractivity contribution in [2.75, 3.05) is 12.3 Å². The number of primary amides is 1. The third kappa shape index (κ3) is 16.9. The minimum atomic E-state index is -4.79. The molecule has 0 bridgehead atoms. The summed E-state index contributed by atoms with van der Waals surface area (Å²) in [5, 5.41) is 25.5. The summed E-state index contributed by atoms with van der Waals surface area (Å²) in [6.45, 7) is 2.20. The number of hydrogen-bond acceptors (Lipinski definition) is 9. The second-order valence-corrected chi connectivity index (χ2v) is 12.0. The highest BCUT2D eigenvalue weighted by atomic mass is 32.2. The quantitative estimate of drug-likeness (QED) is 0.0638. The van der Waals surface area contributed by atoms with Crippen LogP contribution < -0.4 is 21.7 Å².